The molecule has 0 spiro atoms. The summed E-state index contributed by atoms with van der Waals surface area (Å²) in [5.74, 6) is 0.174. The summed E-state index contributed by atoms with van der Waals surface area (Å²) < 4.78 is 0. The van der Waals surface area contributed by atoms with Crippen molar-refractivity contribution in [3.63, 3.8) is 0 Å². The number of benzene rings is 1. The minimum absolute atomic E-state index is 0.0418. The second-order valence-electron chi connectivity index (χ2n) is 3.94. The van der Waals surface area contributed by atoms with E-state index >= 15 is 0 Å². The molecule has 74 valence electrons. The predicted molar refractivity (Wildman–Crippen MR) is 57.6 cm³/mol. The second-order valence-corrected chi connectivity index (χ2v) is 4.34. The Balaban J connectivity index is 2.40. The van der Waals surface area contributed by atoms with Crippen LogP contribution in [0.15, 0.2) is 24.3 Å². The number of carbonyl (C=O) groups excluding carboxylic acids is 1. The Bertz CT molecular complexity index is 361. The topological polar surface area (TPSA) is 17.1 Å². The van der Waals surface area contributed by atoms with E-state index in [2.05, 4.69) is 6.92 Å². The molecule has 0 heterocycles. The Morgan fingerprint density at radius 2 is 2.29 bits per heavy atom. The first-order chi connectivity index (χ1) is 6.74. The Morgan fingerprint density at radius 1 is 1.57 bits per heavy atom. The van der Waals surface area contributed by atoms with Crippen LogP contribution in [0.5, 0.6) is 0 Å². The van der Waals surface area contributed by atoms with E-state index in [-0.39, 0.29) is 11.3 Å². The number of carbonyl (C=O) groups is 1. The van der Waals surface area contributed by atoms with Crippen LogP contribution in [0, 0.1) is 5.92 Å². The van der Waals surface area contributed by atoms with Gasteiger partial charge in [0, 0.05) is 16.4 Å². The number of hydrogen-bond donors (Lipinski definition) is 0. The van der Waals surface area contributed by atoms with Gasteiger partial charge in [-0.15, -0.1) is 0 Å². The van der Waals surface area contributed by atoms with Crippen LogP contribution < -0.4 is 0 Å². The lowest BCUT2D eigenvalue weighted by atomic mass is 9.91. The van der Waals surface area contributed by atoms with Gasteiger partial charge in [-0.25, -0.2) is 0 Å². The molecule has 1 fully saturated rings. The Kier molecular flexibility index (Phi) is 2.36. The van der Waals surface area contributed by atoms with Crippen LogP contribution in [0.25, 0.3) is 0 Å². The molecule has 2 unspecified atom stereocenters. The first kappa shape index (κ1) is 9.72. The molecule has 1 saturated carbocycles. The maximum absolute atomic E-state index is 10.8. The third-order valence-electron chi connectivity index (χ3n) is 3.34. The standard InChI is InChI=1S/C12H13ClO/c1-2-12(7-9(12)8-14)10-5-3-4-6-11(10)13/h3-6,8-9H,2,7H2,1H3. The number of rotatable bonds is 3. The summed E-state index contributed by atoms with van der Waals surface area (Å²) in [5.41, 5.74) is 1.18. The van der Waals surface area contributed by atoms with Crippen molar-refractivity contribution < 1.29 is 4.79 Å². The van der Waals surface area contributed by atoms with Crippen molar-refractivity contribution in [2.24, 2.45) is 5.92 Å². The van der Waals surface area contributed by atoms with Gasteiger partial charge in [0.15, 0.2) is 0 Å². The zero-order valence-corrected chi connectivity index (χ0v) is 8.92. The largest absolute Gasteiger partial charge is 0.303 e. The average molecular weight is 209 g/mol. The van der Waals surface area contributed by atoms with Crippen molar-refractivity contribution in [3.05, 3.63) is 34.9 Å². The van der Waals surface area contributed by atoms with E-state index in [4.69, 9.17) is 11.6 Å². The summed E-state index contributed by atoms with van der Waals surface area (Å²) in [5, 5.41) is 0.790. The first-order valence-corrected chi connectivity index (χ1v) is 5.32. The molecular formula is C12H13ClO. The summed E-state index contributed by atoms with van der Waals surface area (Å²) in [7, 11) is 0. The lowest BCUT2D eigenvalue weighted by molar-refractivity contribution is -0.109. The van der Waals surface area contributed by atoms with Crippen LogP contribution in [-0.4, -0.2) is 6.29 Å². The smallest absolute Gasteiger partial charge is 0.123 e. The number of hydrogen-bond acceptors (Lipinski definition) is 1. The summed E-state index contributed by atoms with van der Waals surface area (Å²) in [4.78, 5) is 10.8. The molecule has 1 aromatic carbocycles. The molecule has 14 heavy (non-hydrogen) atoms. The average Bonchev–Trinajstić information content (AvgIpc) is 2.93. The van der Waals surface area contributed by atoms with Gasteiger partial charge in [0.25, 0.3) is 0 Å². The molecule has 0 bridgehead atoms. The lowest BCUT2D eigenvalue weighted by Gasteiger charge is -2.15. The van der Waals surface area contributed by atoms with Crippen LogP contribution >= 0.6 is 11.6 Å². The van der Waals surface area contributed by atoms with E-state index < -0.39 is 0 Å². The summed E-state index contributed by atoms with van der Waals surface area (Å²) in [6.45, 7) is 2.12. The van der Waals surface area contributed by atoms with Gasteiger partial charge < -0.3 is 4.79 Å². The fraction of sp³-hybridized carbons (Fsp3) is 0.417. The molecule has 2 rings (SSSR count). The van der Waals surface area contributed by atoms with Gasteiger partial charge in [-0.3, -0.25) is 0 Å². The maximum atomic E-state index is 10.8. The molecule has 1 nitrogen and oxygen atoms in total. The monoisotopic (exact) mass is 208 g/mol. The molecular weight excluding hydrogens is 196 g/mol. The second kappa shape index (κ2) is 3.39. The molecule has 0 aliphatic heterocycles. The Labute approximate surface area is 89.1 Å². The van der Waals surface area contributed by atoms with E-state index in [0.717, 1.165) is 29.7 Å². The van der Waals surface area contributed by atoms with Gasteiger partial charge in [0.1, 0.15) is 6.29 Å². The zero-order valence-electron chi connectivity index (χ0n) is 8.16. The Morgan fingerprint density at radius 3 is 2.79 bits per heavy atom. The molecule has 1 aromatic rings. The van der Waals surface area contributed by atoms with Crippen molar-refractivity contribution >= 4 is 17.9 Å². The summed E-state index contributed by atoms with van der Waals surface area (Å²) in [6, 6.07) is 7.84. The molecule has 0 aromatic heterocycles. The van der Waals surface area contributed by atoms with Gasteiger partial charge >= 0.3 is 0 Å². The highest BCUT2D eigenvalue weighted by atomic mass is 35.5. The van der Waals surface area contributed by atoms with Gasteiger partial charge in [0.2, 0.25) is 0 Å². The van der Waals surface area contributed by atoms with Crippen molar-refractivity contribution in [3.8, 4) is 0 Å². The SMILES string of the molecule is CCC1(c2ccccc2Cl)CC1C=O. The molecule has 0 N–H and O–H groups in total. The van der Waals surface area contributed by atoms with Gasteiger partial charge in [0.05, 0.1) is 0 Å². The van der Waals surface area contributed by atoms with Crippen molar-refractivity contribution in [2.75, 3.05) is 0 Å². The van der Waals surface area contributed by atoms with E-state index in [1.807, 2.05) is 24.3 Å². The van der Waals surface area contributed by atoms with E-state index in [9.17, 15) is 4.79 Å². The van der Waals surface area contributed by atoms with E-state index in [1.165, 1.54) is 0 Å². The van der Waals surface area contributed by atoms with E-state index in [1.54, 1.807) is 0 Å². The van der Waals surface area contributed by atoms with Crippen LogP contribution in [0.2, 0.25) is 5.02 Å². The predicted octanol–water partition coefficient (Wildman–Crippen LogP) is 3.21. The third-order valence-corrected chi connectivity index (χ3v) is 3.67. The highest BCUT2D eigenvalue weighted by molar-refractivity contribution is 6.31. The molecule has 2 atom stereocenters. The fourth-order valence-electron chi connectivity index (χ4n) is 2.28. The summed E-state index contributed by atoms with van der Waals surface area (Å²) >= 11 is 6.13. The van der Waals surface area contributed by atoms with Crippen molar-refractivity contribution in [1.82, 2.24) is 0 Å². The van der Waals surface area contributed by atoms with Gasteiger partial charge in [-0.2, -0.15) is 0 Å². The minimum atomic E-state index is 0.0418. The summed E-state index contributed by atoms with van der Waals surface area (Å²) in [6.07, 6.45) is 3.00. The van der Waals surface area contributed by atoms with Crippen LogP contribution in [-0.2, 0) is 10.2 Å². The fourth-order valence-corrected chi connectivity index (χ4v) is 2.61. The molecule has 1 aliphatic carbocycles. The highest BCUT2D eigenvalue weighted by Crippen LogP contribution is 2.57. The molecule has 1 aliphatic rings. The quantitative estimate of drug-likeness (QED) is 0.698. The van der Waals surface area contributed by atoms with Crippen LogP contribution in [0.1, 0.15) is 25.3 Å². The minimum Gasteiger partial charge on any atom is -0.303 e. The first-order valence-electron chi connectivity index (χ1n) is 4.95. The molecule has 2 heteroatoms. The highest BCUT2D eigenvalue weighted by Gasteiger charge is 2.54. The van der Waals surface area contributed by atoms with Gasteiger partial charge in [-0.1, -0.05) is 36.7 Å². The number of aldehydes is 1. The van der Waals surface area contributed by atoms with Crippen LogP contribution in [0.3, 0.4) is 0 Å². The van der Waals surface area contributed by atoms with Crippen molar-refractivity contribution in [2.45, 2.75) is 25.2 Å². The number of halogens is 1. The molecule has 0 saturated heterocycles. The third kappa shape index (κ3) is 1.27. The maximum Gasteiger partial charge on any atom is 0.123 e. The normalized spacial score (nSPS) is 30.0. The lowest BCUT2D eigenvalue weighted by Crippen LogP contribution is -2.09. The molecule has 0 radical (unpaired) electrons. The van der Waals surface area contributed by atoms with E-state index in [0.29, 0.717) is 0 Å². The zero-order chi connectivity index (χ0) is 10.2. The van der Waals surface area contributed by atoms with Crippen LogP contribution in [0.4, 0.5) is 0 Å². The van der Waals surface area contributed by atoms with Crippen molar-refractivity contribution in [1.29, 1.82) is 0 Å². The molecule has 0 amide bonds. The Hall–Kier alpha value is -0.820. The van der Waals surface area contributed by atoms with Gasteiger partial charge in [-0.05, 0) is 24.5 Å².